The van der Waals surface area contributed by atoms with Gasteiger partial charge in [-0.2, -0.15) is 0 Å². The number of hydrogen-bond acceptors (Lipinski definition) is 4. The highest BCUT2D eigenvalue weighted by Gasteiger charge is 2.14. The van der Waals surface area contributed by atoms with Crippen molar-refractivity contribution in [3.63, 3.8) is 0 Å². The molecule has 2 N–H and O–H groups in total. The second kappa shape index (κ2) is 11.2. The molecule has 0 radical (unpaired) electrons. The molecule has 3 aromatic carbocycles. The fraction of sp³-hybridized carbons (Fsp3) is 0.208. The number of ether oxygens (including phenoxy) is 1. The third-order valence-corrected chi connectivity index (χ3v) is 6.58. The van der Waals surface area contributed by atoms with Gasteiger partial charge in [0, 0.05) is 15.8 Å². The maximum atomic E-state index is 12.5. The van der Waals surface area contributed by atoms with Gasteiger partial charge in [-0.3, -0.25) is 9.52 Å². The molecular formula is C24H25BrN2O4S. The van der Waals surface area contributed by atoms with Crippen LogP contribution in [0, 0.1) is 0 Å². The number of nitrogens with one attached hydrogen (secondary N) is 2. The zero-order chi connectivity index (χ0) is 23.0. The van der Waals surface area contributed by atoms with E-state index in [0.717, 1.165) is 23.7 Å². The number of sulfonamides is 1. The van der Waals surface area contributed by atoms with Gasteiger partial charge in [0.15, 0.2) is 6.61 Å². The molecule has 0 saturated carbocycles. The third-order valence-electron chi connectivity index (χ3n) is 4.66. The van der Waals surface area contributed by atoms with Gasteiger partial charge in [0.25, 0.3) is 15.9 Å². The topological polar surface area (TPSA) is 84.5 Å². The molecule has 0 fully saturated rings. The Kier molecular flexibility index (Phi) is 8.30. The monoisotopic (exact) mass is 516 g/mol. The van der Waals surface area contributed by atoms with Crippen LogP contribution in [0.3, 0.4) is 0 Å². The predicted molar refractivity (Wildman–Crippen MR) is 131 cm³/mol. The Morgan fingerprint density at radius 1 is 0.906 bits per heavy atom. The van der Waals surface area contributed by atoms with Gasteiger partial charge in [-0.15, -0.1) is 0 Å². The highest BCUT2D eigenvalue weighted by molar-refractivity contribution is 9.10. The Morgan fingerprint density at radius 3 is 2.16 bits per heavy atom. The number of anilines is 2. The van der Waals surface area contributed by atoms with E-state index in [2.05, 4.69) is 32.9 Å². The Balaban J connectivity index is 1.51. The number of amides is 1. The largest absolute Gasteiger partial charge is 0.484 e. The minimum Gasteiger partial charge on any atom is -0.484 e. The molecule has 168 valence electrons. The van der Waals surface area contributed by atoms with Crippen molar-refractivity contribution in [2.45, 2.75) is 31.1 Å². The Morgan fingerprint density at radius 2 is 1.53 bits per heavy atom. The normalized spacial score (nSPS) is 11.1. The van der Waals surface area contributed by atoms with Crippen molar-refractivity contribution in [1.82, 2.24) is 0 Å². The van der Waals surface area contributed by atoms with Crippen LogP contribution in [0.4, 0.5) is 11.4 Å². The van der Waals surface area contributed by atoms with Crippen molar-refractivity contribution in [3.8, 4) is 5.75 Å². The summed E-state index contributed by atoms with van der Waals surface area (Å²) in [5, 5.41) is 2.79. The van der Waals surface area contributed by atoms with Gasteiger partial charge in [0.2, 0.25) is 0 Å². The third kappa shape index (κ3) is 7.10. The van der Waals surface area contributed by atoms with E-state index < -0.39 is 10.0 Å². The van der Waals surface area contributed by atoms with Crippen LogP contribution in [-0.2, 0) is 21.2 Å². The lowest BCUT2D eigenvalue weighted by Crippen LogP contribution is -2.20. The summed E-state index contributed by atoms with van der Waals surface area (Å²) in [7, 11) is -3.72. The van der Waals surface area contributed by atoms with E-state index in [9.17, 15) is 13.2 Å². The van der Waals surface area contributed by atoms with E-state index in [1.165, 1.54) is 29.8 Å². The molecule has 0 spiro atoms. The van der Waals surface area contributed by atoms with E-state index >= 15 is 0 Å². The highest BCUT2D eigenvalue weighted by atomic mass is 79.9. The number of carbonyl (C=O) groups excluding carboxylic acids is 1. The Hall–Kier alpha value is -2.84. The fourth-order valence-electron chi connectivity index (χ4n) is 2.93. The first-order chi connectivity index (χ1) is 15.4. The van der Waals surface area contributed by atoms with Crippen molar-refractivity contribution in [2.24, 2.45) is 0 Å². The molecule has 1 amide bonds. The molecule has 0 aliphatic carbocycles. The van der Waals surface area contributed by atoms with Crippen LogP contribution in [0.25, 0.3) is 0 Å². The Labute approximate surface area is 197 Å². The fourth-order valence-corrected chi connectivity index (χ4v) is 4.25. The standard InChI is InChI=1S/C24H25BrN2O4S/c1-2-3-4-18-5-9-20(10-6-18)26-24(28)17-31-22-13-15-23(16-14-22)32(29,30)27-21-11-7-19(25)8-12-21/h5-16,27H,2-4,17H2,1H3,(H,26,28). The van der Waals surface area contributed by atoms with Crippen LogP contribution in [0.5, 0.6) is 5.75 Å². The van der Waals surface area contributed by atoms with E-state index in [1.807, 2.05) is 24.3 Å². The maximum absolute atomic E-state index is 12.5. The van der Waals surface area contributed by atoms with Crippen LogP contribution in [0.15, 0.2) is 82.2 Å². The van der Waals surface area contributed by atoms with Crippen molar-refractivity contribution >= 4 is 43.2 Å². The molecular weight excluding hydrogens is 492 g/mol. The van der Waals surface area contributed by atoms with Crippen LogP contribution in [0.2, 0.25) is 0 Å². The van der Waals surface area contributed by atoms with Crippen LogP contribution in [-0.4, -0.2) is 20.9 Å². The van der Waals surface area contributed by atoms with Crippen LogP contribution < -0.4 is 14.8 Å². The molecule has 3 aromatic rings. The summed E-state index contributed by atoms with van der Waals surface area (Å²) in [6, 6.07) is 20.5. The average Bonchev–Trinajstić information content (AvgIpc) is 2.79. The van der Waals surface area contributed by atoms with Crippen molar-refractivity contribution in [2.75, 3.05) is 16.6 Å². The molecule has 0 unspecified atom stereocenters. The second-order valence-electron chi connectivity index (χ2n) is 7.22. The summed E-state index contributed by atoms with van der Waals surface area (Å²) >= 11 is 3.31. The molecule has 0 heterocycles. The summed E-state index contributed by atoms with van der Waals surface area (Å²) in [4.78, 5) is 12.2. The van der Waals surface area contributed by atoms with E-state index in [-0.39, 0.29) is 17.4 Å². The predicted octanol–water partition coefficient (Wildman–Crippen LogP) is 5.61. The maximum Gasteiger partial charge on any atom is 0.262 e. The number of unbranched alkanes of at least 4 members (excludes halogenated alkanes) is 1. The SMILES string of the molecule is CCCCc1ccc(NC(=O)COc2ccc(S(=O)(=O)Nc3ccc(Br)cc3)cc2)cc1. The molecule has 3 rings (SSSR count). The molecule has 0 atom stereocenters. The van der Waals surface area contributed by atoms with Crippen LogP contribution >= 0.6 is 15.9 Å². The van der Waals surface area contributed by atoms with Gasteiger partial charge in [-0.1, -0.05) is 41.4 Å². The molecule has 8 heteroatoms. The lowest BCUT2D eigenvalue weighted by atomic mass is 10.1. The van der Waals surface area contributed by atoms with Gasteiger partial charge in [0.05, 0.1) is 4.90 Å². The van der Waals surface area contributed by atoms with Crippen LogP contribution in [0.1, 0.15) is 25.3 Å². The van der Waals surface area contributed by atoms with Gasteiger partial charge in [0.1, 0.15) is 5.75 Å². The first-order valence-electron chi connectivity index (χ1n) is 10.3. The van der Waals surface area contributed by atoms with Crippen molar-refractivity contribution < 1.29 is 17.9 Å². The van der Waals surface area contributed by atoms with E-state index in [0.29, 0.717) is 17.1 Å². The number of aryl methyl sites for hydroxylation is 1. The first-order valence-corrected chi connectivity index (χ1v) is 12.5. The molecule has 0 aromatic heterocycles. The summed E-state index contributed by atoms with van der Waals surface area (Å²) in [5.41, 5.74) is 2.41. The summed E-state index contributed by atoms with van der Waals surface area (Å²) in [5.74, 6) is 0.109. The lowest BCUT2D eigenvalue weighted by Gasteiger charge is -2.10. The zero-order valence-corrected chi connectivity index (χ0v) is 20.1. The number of benzene rings is 3. The molecule has 6 nitrogen and oxygen atoms in total. The summed E-state index contributed by atoms with van der Waals surface area (Å²) in [6.45, 7) is 1.97. The Bertz CT molecular complexity index is 1130. The van der Waals surface area contributed by atoms with Gasteiger partial charge < -0.3 is 10.1 Å². The number of halogens is 1. The minimum atomic E-state index is -3.72. The van der Waals surface area contributed by atoms with Gasteiger partial charge in [-0.05, 0) is 79.1 Å². The van der Waals surface area contributed by atoms with E-state index in [1.54, 1.807) is 24.3 Å². The number of rotatable bonds is 10. The lowest BCUT2D eigenvalue weighted by molar-refractivity contribution is -0.118. The summed E-state index contributed by atoms with van der Waals surface area (Å²) in [6.07, 6.45) is 3.31. The smallest absolute Gasteiger partial charge is 0.262 e. The van der Waals surface area contributed by atoms with E-state index in [4.69, 9.17) is 4.74 Å². The zero-order valence-electron chi connectivity index (χ0n) is 17.7. The number of carbonyl (C=O) groups is 1. The second-order valence-corrected chi connectivity index (χ2v) is 9.82. The number of hydrogen-bond donors (Lipinski definition) is 2. The minimum absolute atomic E-state index is 0.0976. The molecule has 0 saturated heterocycles. The highest BCUT2D eigenvalue weighted by Crippen LogP contribution is 2.21. The molecule has 0 aliphatic rings. The van der Waals surface area contributed by atoms with Crippen molar-refractivity contribution in [1.29, 1.82) is 0 Å². The first kappa shape index (κ1) is 23.8. The molecule has 32 heavy (non-hydrogen) atoms. The molecule has 0 bridgehead atoms. The average molecular weight is 517 g/mol. The quantitative estimate of drug-likeness (QED) is 0.366. The van der Waals surface area contributed by atoms with Crippen molar-refractivity contribution in [3.05, 3.63) is 82.8 Å². The van der Waals surface area contributed by atoms with Gasteiger partial charge in [-0.25, -0.2) is 8.42 Å². The summed E-state index contributed by atoms with van der Waals surface area (Å²) < 4.78 is 33.9. The van der Waals surface area contributed by atoms with Gasteiger partial charge >= 0.3 is 0 Å². The molecule has 0 aliphatic heterocycles.